The minimum absolute atomic E-state index is 0.123. The molecule has 1 aromatic heterocycles. The average molecular weight is 867 g/mol. The van der Waals surface area contributed by atoms with E-state index in [4.69, 9.17) is 14.5 Å². The van der Waals surface area contributed by atoms with E-state index in [9.17, 15) is 19.2 Å². The summed E-state index contributed by atoms with van der Waals surface area (Å²) < 4.78 is 29.5. The van der Waals surface area contributed by atoms with Gasteiger partial charge in [-0.15, -0.1) is 0 Å². The third-order valence-electron chi connectivity index (χ3n) is 7.39. The zero-order valence-corrected chi connectivity index (χ0v) is 29.9. The molecule has 1 aliphatic rings. The first-order valence-corrected chi connectivity index (χ1v) is 17.4. The molecule has 0 unspecified atom stereocenters. The fraction of sp³-hybridized carbons (Fsp3) is 0.111. The standard InChI is InChI=1S/C36H24FI2N3O4S/c1-2-45-35(44)30-31(21-8-4-3-5-9-21)41-36-42(32(30)22-12-14-26(37)15-13-22)34(43)29(47-36)17-25-16-27(38)18-28(39)33(25)46-20-24-11-7-6-10-23(24)19-40/h3-18,32H,2,20H2,1H3/b29-17-/t32-/m0/s1. The van der Waals surface area contributed by atoms with Gasteiger partial charge in [0.1, 0.15) is 18.2 Å². The fourth-order valence-corrected chi connectivity index (χ4v) is 8.32. The zero-order valence-electron chi connectivity index (χ0n) is 24.7. The highest BCUT2D eigenvalue weighted by Crippen LogP contribution is 2.35. The molecule has 1 aliphatic heterocycles. The van der Waals surface area contributed by atoms with E-state index < -0.39 is 17.8 Å². The summed E-state index contributed by atoms with van der Waals surface area (Å²) in [5.74, 6) is -0.486. The van der Waals surface area contributed by atoms with E-state index in [1.54, 1.807) is 37.3 Å². The number of nitrogens with zero attached hydrogens (tertiary/aromatic N) is 3. The van der Waals surface area contributed by atoms with E-state index in [2.05, 4.69) is 51.3 Å². The quantitative estimate of drug-likeness (QED) is 0.128. The molecule has 6 rings (SSSR count). The number of fused-ring (bicyclic) bond motifs is 1. The van der Waals surface area contributed by atoms with Crippen molar-refractivity contribution in [3.8, 4) is 11.8 Å². The topological polar surface area (TPSA) is 93.7 Å². The molecule has 0 saturated carbocycles. The Morgan fingerprint density at radius 1 is 1.06 bits per heavy atom. The van der Waals surface area contributed by atoms with Gasteiger partial charge in [0.05, 0.1) is 43.7 Å². The lowest BCUT2D eigenvalue weighted by molar-refractivity contribution is -0.138. The van der Waals surface area contributed by atoms with Gasteiger partial charge in [-0.05, 0) is 94.1 Å². The van der Waals surface area contributed by atoms with Crippen molar-refractivity contribution in [1.29, 1.82) is 5.26 Å². The Morgan fingerprint density at radius 2 is 1.79 bits per heavy atom. The van der Waals surface area contributed by atoms with E-state index in [1.807, 2.05) is 54.6 Å². The summed E-state index contributed by atoms with van der Waals surface area (Å²) in [7, 11) is 0. The van der Waals surface area contributed by atoms with Gasteiger partial charge in [-0.25, -0.2) is 14.2 Å². The Kier molecular flexibility index (Phi) is 10.00. The molecule has 47 heavy (non-hydrogen) atoms. The maximum absolute atomic E-state index is 14.3. The van der Waals surface area contributed by atoms with Crippen LogP contribution in [0.2, 0.25) is 0 Å². The number of thiazole rings is 1. The Hall–Kier alpha value is -4.13. The summed E-state index contributed by atoms with van der Waals surface area (Å²) in [6, 6.07) is 27.4. The molecule has 11 heteroatoms. The molecule has 0 saturated heterocycles. The molecule has 2 heterocycles. The summed E-state index contributed by atoms with van der Waals surface area (Å²) in [6.07, 6.45) is 1.76. The van der Waals surface area contributed by atoms with Gasteiger partial charge in [-0.3, -0.25) is 9.36 Å². The number of hydrogen-bond acceptors (Lipinski definition) is 7. The number of ether oxygens (including phenoxy) is 2. The van der Waals surface area contributed by atoms with E-state index >= 15 is 0 Å². The van der Waals surface area contributed by atoms with Crippen molar-refractivity contribution in [1.82, 2.24) is 4.57 Å². The number of aromatic nitrogens is 1. The van der Waals surface area contributed by atoms with Crippen molar-refractivity contribution in [2.75, 3.05) is 6.61 Å². The van der Waals surface area contributed by atoms with Crippen LogP contribution in [0.15, 0.2) is 106 Å². The maximum atomic E-state index is 14.3. The summed E-state index contributed by atoms with van der Waals surface area (Å²) in [5.41, 5.74) is 3.36. The van der Waals surface area contributed by atoms with Crippen LogP contribution in [0.25, 0.3) is 11.8 Å². The maximum Gasteiger partial charge on any atom is 0.338 e. The number of nitriles is 1. The molecule has 5 aromatic rings. The molecule has 234 valence electrons. The van der Waals surface area contributed by atoms with Crippen LogP contribution >= 0.6 is 56.5 Å². The van der Waals surface area contributed by atoms with Crippen molar-refractivity contribution < 1.29 is 18.7 Å². The number of halogens is 3. The lowest BCUT2D eigenvalue weighted by atomic mass is 9.93. The first kappa shape index (κ1) is 32.8. The zero-order chi connectivity index (χ0) is 33.1. The van der Waals surface area contributed by atoms with Gasteiger partial charge in [-0.2, -0.15) is 5.26 Å². The minimum Gasteiger partial charge on any atom is -0.487 e. The number of benzene rings is 4. The molecular formula is C36H24FI2N3O4S. The van der Waals surface area contributed by atoms with E-state index in [0.717, 1.165) is 12.7 Å². The second-order valence-corrected chi connectivity index (χ2v) is 13.8. The number of carbonyl (C=O) groups excluding carboxylic acids is 1. The first-order chi connectivity index (χ1) is 22.8. The van der Waals surface area contributed by atoms with Crippen LogP contribution in [-0.4, -0.2) is 17.1 Å². The van der Waals surface area contributed by atoms with Crippen molar-refractivity contribution in [3.05, 3.63) is 157 Å². The first-order valence-electron chi connectivity index (χ1n) is 14.4. The average Bonchev–Trinajstić information content (AvgIpc) is 3.38. The molecule has 0 amide bonds. The highest BCUT2D eigenvalue weighted by atomic mass is 127. The van der Waals surface area contributed by atoms with Crippen LogP contribution in [0.3, 0.4) is 0 Å². The Labute approximate surface area is 300 Å². The van der Waals surface area contributed by atoms with E-state index in [-0.39, 0.29) is 24.3 Å². The van der Waals surface area contributed by atoms with E-state index in [0.29, 0.717) is 43.0 Å². The Morgan fingerprint density at radius 3 is 2.51 bits per heavy atom. The minimum atomic E-state index is -0.919. The molecule has 0 bridgehead atoms. The number of hydrogen-bond donors (Lipinski definition) is 0. The van der Waals surface area contributed by atoms with Gasteiger partial charge in [0, 0.05) is 20.3 Å². The molecule has 0 radical (unpaired) electrons. The second-order valence-electron chi connectivity index (χ2n) is 10.3. The van der Waals surface area contributed by atoms with Crippen molar-refractivity contribution in [2.45, 2.75) is 19.6 Å². The largest absolute Gasteiger partial charge is 0.487 e. The lowest BCUT2D eigenvalue weighted by Crippen LogP contribution is -2.40. The van der Waals surface area contributed by atoms with Gasteiger partial charge in [0.15, 0.2) is 4.80 Å². The normalized spacial score (nSPS) is 14.3. The summed E-state index contributed by atoms with van der Waals surface area (Å²) in [4.78, 5) is 33.2. The molecule has 1 atom stereocenters. The van der Waals surface area contributed by atoms with Crippen LogP contribution in [-0.2, 0) is 16.1 Å². The molecule has 7 nitrogen and oxygen atoms in total. The third-order valence-corrected chi connectivity index (χ3v) is 9.80. The monoisotopic (exact) mass is 867 g/mol. The molecule has 0 aliphatic carbocycles. The highest BCUT2D eigenvalue weighted by Gasteiger charge is 2.35. The fourth-order valence-electron chi connectivity index (χ4n) is 5.29. The molecular weight excluding hydrogens is 843 g/mol. The molecule has 4 aromatic carbocycles. The highest BCUT2D eigenvalue weighted by molar-refractivity contribution is 14.1. The van der Waals surface area contributed by atoms with Gasteiger partial charge in [-0.1, -0.05) is 72.0 Å². The number of esters is 1. The molecule has 0 spiro atoms. The molecule has 0 N–H and O–H groups in total. The van der Waals surface area contributed by atoms with Gasteiger partial charge in [0.25, 0.3) is 5.56 Å². The number of carbonyl (C=O) groups is 1. The van der Waals surface area contributed by atoms with Crippen molar-refractivity contribution in [2.24, 2.45) is 4.99 Å². The predicted octanol–water partition coefficient (Wildman–Crippen LogP) is 6.73. The van der Waals surface area contributed by atoms with Crippen LogP contribution in [0.1, 0.15) is 40.8 Å². The third kappa shape index (κ3) is 6.81. The van der Waals surface area contributed by atoms with Crippen LogP contribution < -0.4 is 19.6 Å². The SMILES string of the molecule is CCOC(=O)C1=C(c2ccccc2)N=c2s/c(=C\c3cc(I)cc(I)c3OCc3ccccc3C#N)c(=O)n2[C@H]1c1ccc(F)cc1. The summed E-state index contributed by atoms with van der Waals surface area (Å²) in [6.45, 7) is 2.00. The van der Waals surface area contributed by atoms with Crippen LogP contribution in [0.4, 0.5) is 4.39 Å². The van der Waals surface area contributed by atoms with E-state index in [1.165, 1.54) is 28.0 Å². The summed E-state index contributed by atoms with van der Waals surface area (Å²) >= 11 is 5.60. The van der Waals surface area contributed by atoms with Gasteiger partial charge < -0.3 is 9.47 Å². The number of rotatable bonds is 8. The second kappa shape index (κ2) is 14.3. The Balaban J connectivity index is 1.56. The van der Waals surface area contributed by atoms with Crippen molar-refractivity contribution in [3.63, 3.8) is 0 Å². The van der Waals surface area contributed by atoms with Crippen LogP contribution in [0.5, 0.6) is 5.75 Å². The lowest BCUT2D eigenvalue weighted by Gasteiger charge is -2.25. The van der Waals surface area contributed by atoms with Gasteiger partial charge in [0.2, 0.25) is 0 Å². The van der Waals surface area contributed by atoms with Crippen molar-refractivity contribution >= 4 is 74.3 Å². The predicted molar refractivity (Wildman–Crippen MR) is 195 cm³/mol. The Bertz CT molecular complexity index is 2260. The smallest absolute Gasteiger partial charge is 0.338 e. The van der Waals surface area contributed by atoms with Gasteiger partial charge >= 0.3 is 5.97 Å². The summed E-state index contributed by atoms with van der Waals surface area (Å²) in [5, 5.41) is 9.55. The molecule has 0 fully saturated rings. The van der Waals surface area contributed by atoms with Crippen LogP contribution in [0, 0.1) is 24.3 Å².